The molecule has 1 aliphatic heterocycles. The van der Waals surface area contributed by atoms with Gasteiger partial charge < -0.3 is 15.2 Å². The maximum Gasteiger partial charge on any atom is 0.182 e. The van der Waals surface area contributed by atoms with Crippen LogP contribution in [0.25, 0.3) is 11.4 Å². The SMILES string of the molecule is COc1ccc(-c2nnnn2CC2CCOC2)cc1N. The molecule has 0 radical (unpaired) electrons. The van der Waals surface area contributed by atoms with Crippen LogP contribution in [0.1, 0.15) is 6.42 Å². The highest BCUT2D eigenvalue weighted by molar-refractivity contribution is 5.66. The van der Waals surface area contributed by atoms with Gasteiger partial charge in [0.25, 0.3) is 0 Å². The van der Waals surface area contributed by atoms with E-state index in [0.29, 0.717) is 23.2 Å². The quantitative estimate of drug-likeness (QED) is 0.836. The molecular weight excluding hydrogens is 258 g/mol. The van der Waals surface area contributed by atoms with Crippen LogP contribution in [0.2, 0.25) is 0 Å². The van der Waals surface area contributed by atoms with Gasteiger partial charge in [-0.3, -0.25) is 0 Å². The van der Waals surface area contributed by atoms with Gasteiger partial charge in [0.2, 0.25) is 0 Å². The average molecular weight is 275 g/mol. The van der Waals surface area contributed by atoms with E-state index in [2.05, 4.69) is 15.5 Å². The molecule has 1 aromatic carbocycles. The zero-order chi connectivity index (χ0) is 13.9. The third-order valence-corrected chi connectivity index (χ3v) is 3.47. The predicted octanol–water partition coefficient (Wildman–Crippen LogP) is 0.967. The fraction of sp³-hybridized carbons (Fsp3) is 0.462. The molecule has 20 heavy (non-hydrogen) atoms. The smallest absolute Gasteiger partial charge is 0.182 e. The summed E-state index contributed by atoms with van der Waals surface area (Å²) in [6.07, 6.45) is 1.05. The van der Waals surface area contributed by atoms with Gasteiger partial charge in [-0.15, -0.1) is 5.10 Å². The van der Waals surface area contributed by atoms with E-state index in [1.165, 1.54) is 0 Å². The highest BCUT2D eigenvalue weighted by atomic mass is 16.5. The largest absolute Gasteiger partial charge is 0.495 e. The Kier molecular flexibility index (Phi) is 3.51. The first kappa shape index (κ1) is 12.9. The summed E-state index contributed by atoms with van der Waals surface area (Å²) in [5.74, 6) is 1.83. The van der Waals surface area contributed by atoms with Gasteiger partial charge in [0.15, 0.2) is 5.82 Å². The van der Waals surface area contributed by atoms with Crippen molar-refractivity contribution in [1.29, 1.82) is 0 Å². The van der Waals surface area contributed by atoms with Crippen molar-refractivity contribution in [1.82, 2.24) is 20.2 Å². The molecule has 0 saturated carbocycles. The van der Waals surface area contributed by atoms with Gasteiger partial charge in [0, 0.05) is 18.1 Å². The van der Waals surface area contributed by atoms with Gasteiger partial charge in [-0.05, 0) is 35.0 Å². The van der Waals surface area contributed by atoms with Gasteiger partial charge in [-0.2, -0.15) is 0 Å². The molecule has 2 heterocycles. The van der Waals surface area contributed by atoms with Crippen LogP contribution >= 0.6 is 0 Å². The molecule has 3 rings (SSSR count). The zero-order valence-electron chi connectivity index (χ0n) is 11.3. The second-order valence-electron chi connectivity index (χ2n) is 4.87. The van der Waals surface area contributed by atoms with E-state index in [1.807, 2.05) is 18.2 Å². The minimum Gasteiger partial charge on any atom is -0.495 e. The number of methoxy groups -OCH3 is 1. The minimum absolute atomic E-state index is 0.466. The molecule has 106 valence electrons. The van der Waals surface area contributed by atoms with Crippen molar-refractivity contribution >= 4 is 5.69 Å². The molecule has 1 fully saturated rings. The van der Waals surface area contributed by atoms with E-state index in [1.54, 1.807) is 11.8 Å². The Hall–Kier alpha value is -2.15. The van der Waals surface area contributed by atoms with Crippen molar-refractivity contribution in [2.75, 3.05) is 26.1 Å². The second kappa shape index (κ2) is 5.46. The number of benzene rings is 1. The first-order valence-electron chi connectivity index (χ1n) is 6.55. The Balaban J connectivity index is 1.86. The van der Waals surface area contributed by atoms with E-state index in [0.717, 1.165) is 31.7 Å². The number of anilines is 1. The number of ether oxygens (including phenoxy) is 2. The highest BCUT2D eigenvalue weighted by Gasteiger charge is 2.19. The Morgan fingerprint density at radius 1 is 1.50 bits per heavy atom. The van der Waals surface area contributed by atoms with Crippen molar-refractivity contribution < 1.29 is 9.47 Å². The van der Waals surface area contributed by atoms with E-state index < -0.39 is 0 Å². The minimum atomic E-state index is 0.466. The van der Waals surface area contributed by atoms with Crippen LogP contribution in [-0.4, -0.2) is 40.5 Å². The Labute approximate surface area is 116 Å². The van der Waals surface area contributed by atoms with Crippen LogP contribution in [0.15, 0.2) is 18.2 Å². The highest BCUT2D eigenvalue weighted by Crippen LogP contribution is 2.27. The summed E-state index contributed by atoms with van der Waals surface area (Å²) < 4.78 is 12.3. The zero-order valence-corrected chi connectivity index (χ0v) is 11.3. The summed E-state index contributed by atoms with van der Waals surface area (Å²) in [4.78, 5) is 0. The molecule has 1 unspecified atom stereocenters. The third kappa shape index (κ3) is 2.44. The number of nitrogens with zero attached hydrogens (tertiary/aromatic N) is 4. The molecule has 1 atom stereocenters. The molecule has 0 amide bonds. The van der Waals surface area contributed by atoms with E-state index in [4.69, 9.17) is 15.2 Å². The fourth-order valence-electron chi connectivity index (χ4n) is 2.38. The number of hydrogen-bond donors (Lipinski definition) is 1. The van der Waals surface area contributed by atoms with Gasteiger partial charge in [-0.1, -0.05) is 0 Å². The maximum absolute atomic E-state index is 5.93. The topological polar surface area (TPSA) is 88.1 Å². The predicted molar refractivity (Wildman–Crippen MR) is 73.1 cm³/mol. The normalized spacial score (nSPS) is 18.4. The summed E-state index contributed by atoms with van der Waals surface area (Å²) in [7, 11) is 1.59. The lowest BCUT2D eigenvalue weighted by Gasteiger charge is -2.10. The molecule has 2 N–H and O–H groups in total. The fourth-order valence-corrected chi connectivity index (χ4v) is 2.38. The molecule has 7 heteroatoms. The first-order chi connectivity index (χ1) is 9.78. The summed E-state index contributed by atoms with van der Waals surface area (Å²) in [5.41, 5.74) is 7.38. The molecule has 1 saturated heterocycles. The number of aromatic nitrogens is 4. The van der Waals surface area contributed by atoms with Crippen molar-refractivity contribution in [2.45, 2.75) is 13.0 Å². The summed E-state index contributed by atoms with van der Waals surface area (Å²) >= 11 is 0. The van der Waals surface area contributed by atoms with E-state index >= 15 is 0 Å². The summed E-state index contributed by atoms with van der Waals surface area (Å²) in [6, 6.07) is 5.55. The monoisotopic (exact) mass is 275 g/mol. The Bertz CT molecular complexity index is 592. The first-order valence-corrected chi connectivity index (χ1v) is 6.55. The van der Waals surface area contributed by atoms with E-state index in [9.17, 15) is 0 Å². The Morgan fingerprint density at radius 2 is 2.40 bits per heavy atom. The maximum atomic E-state index is 5.93. The number of nitrogen functional groups attached to an aromatic ring is 1. The molecule has 0 bridgehead atoms. The van der Waals surface area contributed by atoms with Crippen molar-refractivity contribution in [3.63, 3.8) is 0 Å². The van der Waals surface area contributed by atoms with Crippen LogP contribution in [0.5, 0.6) is 5.75 Å². The molecule has 0 aliphatic carbocycles. The van der Waals surface area contributed by atoms with Crippen molar-refractivity contribution in [3.05, 3.63) is 18.2 Å². The van der Waals surface area contributed by atoms with Gasteiger partial charge in [-0.25, -0.2) is 4.68 Å². The lowest BCUT2D eigenvalue weighted by molar-refractivity contribution is 0.181. The van der Waals surface area contributed by atoms with Gasteiger partial charge >= 0.3 is 0 Å². The summed E-state index contributed by atoms with van der Waals surface area (Å²) in [5, 5.41) is 11.9. The molecular formula is C13H17N5O2. The van der Waals surface area contributed by atoms with E-state index in [-0.39, 0.29) is 0 Å². The number of rotatable bonds is 4. The standard InChI is InChI=1S/C13H17N5O2/c1-19-12-3-2-10(6-11(12)14)13-15-16-17-18(13)7-9-4-5-20-8-9/h2-3,6,9H,4-5,7-8,14H2,1H3. The van der Waals surface area contributed by atoms with Gasteiger partial charge in [0.1, 0.15) is 5.75 Å². The summed E-state index contributed by atoms with van der Waals surface area (Å²) in [6.45, 7) is 2.34. The Morgan fingerprint density at radius 3 is 3.10 bits per heavy atom. The third-order valence-electron chi connectivity index (χ3n) is 3.47. The van der Waals surface area contributed by atoms with Crippen LogP contribution in [0, 0.1) is 5.92 Å². The van der Waals surface area contributed by atoms with Crippen molar-refractivity contribution in [3.8, 4) is 17.1 Å². The van der Waals surface area contributed by atoms with Crippen molar-refractivity contribution in [2.24, 2.45) is 5.92 Å². The molecule has 7 nitrogen and oxygen atoms in total. The van der Waals surface area contributed by atoms with Crippen LogP contribution in [0.4, 0.5) is 5.69 Å². The number of nitrogens with two attached hydrogens (primary N) is 1. The molecule has 1 aliphatic rings. The van der Waals surface area contributed by atoms with Crippen LogP contribution < -0.4 is 10.5 Å². The average Bonchev–Trinajstić information content (AvgIpc) is 3.11. The number of tetrazole rings is 1. The molecule has 2 aromatic rings. The lowest BCUT2D eigenvalue weighted by atomic mass is 10.1. The van der Waals surface area contributed by atoms with Crippen LogP contribution in [0.3, 0.4) is 0 Å². The lowest BCUT2D eigenvalue weighted by Crippen LogP contribution is -2.13. The van der Waals surface area contributed by atoms with Crippen LogP contribution in [-0.2, 0) is 11.3 Å². The molecule has 1 aromatic heterocycles. The number of hydrogen-bond acceptors (Lipinski definition) is 6. The second-order valence-corrected chi connectivity index (χ2v) is 4.87. The molecule has 0 spiro atoms. The van der Waals surface area contributed by atoms with Gasteiger partial charge in [0.05, 0.1) is 25.9 Å².